The second-order valence-electron chi connectivity index (χ2n) is 4.25. The SMILES string of the molecule is CCc1ccc([N+](=O)[O-])cc1S(=O)(=O)Oc1ccccc1. The summed E-state index contributed by atoms with van der Waals surface area (Å²) < 4.78 is 29.6. The summed E-state index contributed by atoms with van der Waals surface area (Å²) in [6, 6.07) is 11.7. The van der Waals surface area contributed by atoms with Gasteiger partial charge in [0.2, 0.25) is 0 Å². The highest BCUT2D eigenvalue weighted by Gasteiger charge is 2.23. The lowest BCUT2D eigenvalue weighted by atomic mass is 10.1. The summed E-state index contributed by atoms with van der Waals surface area (Å²) in [4.78, 5) is 9.99. The van der Waals surface area contributed by atoms with Gasteiger partial charge in [0.25, 0.3) is 5.69 Å². The number of nitro groups is 1. The molecule has 0 radical (unpaired) electrons. The molecule has 0 amide bonds. The quantitative estimate of drug-likeness (QED) is 0.481. The molecule has 21 heavy (non-hydrogen) atoms. The van der Waals surface area contributed by atoms with Gasteiger partial charge in [0.15, 0.2) is 0 Å². The number of nitrogens with zero attached hydrogens (tertiary/aromatic N) is 1. The molecular weight excluding hydrogens is 294 g/mol. The first-order valence-electron chi connectivity index (χ1n) is 6.21. The molecule has 7 heteroatoms. The largest absolute Gasteiger partial charge is 0.379 e. The van der Waals surface area contributed by atoms with Crippen molar-refractivity contribution in [1.82, 2.24) is 0 Å². The summed E-state index contributed by atoms with van der Waals surface area (Å²) in [6.45, 7) is 1.77. The number of aryl methyl sites for hydroxylation is 1. The second-order valence-corrected chi connectivity index (χ2v) is 5.77. The molecule has 0 atom stereocenters. The topological polar surface area (TPSA) is 86.5 Å². The van der Waals surface area contributed by atoms with Crippen LogP contribution < -0.4 is 4.18 Å². The third kappa shape index (κ3) is 3.38. The molecule has 0 saturated heterocycles. The molecular formula is C14H13NO5S. The van der Waals surface area contributed by atoms with Gasteiger partial charge in [-0.1, -0.05) is 31.2 Å². The number of benzene rings is 2. The van der Waals surface area contributed by atoms with Gasteiger partial charge in [-0.2, -0.15) is 8.42 Å². The van der Waals surface area contributed by atoms with E-state index in [0.29, 0.717) is 12.0 Å². The minimum atomic E-state index is -4.12. The van der Waals surface area contributed by atoms with Gasteiger partial charge in [0.1, 0.15) is 10.6 Å². The highest BCUT2D eigenvalue weighted by atomic mass is 32.2. The Morgan fingerprint density at radius 1 is 1.14 bits per heavy atom. The first-order valence-corrected chi connectivity index (χ1v) is 7.61. The van der Waals surface area contributed by atoms with Crippen LogP contribution in [0.15, 0.2) is 53.4 Å². The number of nitro benzene ring substituents is 1. The van der Waals surface area contributed by atoms with E-state index in [-0.39, 0.29) is 16.3 Å². The van der Waals surface area contributed by atoms with Gasteiger partial charge in [0.05, 0.1) is 4.92 Å². The van der Waals surface area contributed by atoms with Gasteiger partial charge in [-0.15, -0.1) is 0 Å². The normalized spacial score (nSPS) is 11.1. The highest BCUT2D eigenvalue weighted by Crippen LogP contribution is 2.25. The molecule has 0 fully saturated rings. The number of non-ortho nitro benzene ring substituents is 1. The van der Waals surface area contributed by atoms with Crippen LogP contribution in [0.2, 0.25) is 0 Å². The first-order chi connectivity index (χ1) is 9.94. The number of hydrogen-bond acceptors (Lipinski definition) is 5. The zero-order chi connectivity index (χ0) is 15.5. The second kappa shape index (κ2) is 5.92. The lowest BCUT2D eigenvalue weighted by Gasteiger charge is -2.10. The minimum Gasteiger partial charge on any atom is -0.379 e. The molecule has 0 unspecified atom stereocenters. The monoisotopic (exact) mass is 307 g/mol. The molecule has 0 spiro atoms. The Bertz CT molecular complexity index is 756. The van der Waals surface area contributed by atoms with Crippen molar-refractivity contribution >= 4 is 15.8 Å². The minimum absolute atomic E-state index is 0.158. The molecule has 0 N–H and O–H groups in total. The number of rotatable bonds is 5. The van der Waals surface area contributed by atoms with Crippen LogP contribution in [-0.2, 0) is 16.5 Å². The maximum atomic E-state index is 12.3. The maximum absolute atomic E-state index is 12.3. The summed E-state index contributed by atoms with van der Waals surface area (Å²) in [6.07, 6.45) is 0.421. The third-order valence-electron chi connectivity index (χ3n) is 2.86. The molecule has 0 aliphatic carbocycles. The van der Waals surface area contributed by atoms with E-state index in [9.17, 15) is 18.5 Å². The fourth-order valence-corrected chi connectivity index (χ4v) is 3.08. The van der Waals surface area contributed by atoms with Gasteiger partial charge in [-0.25, -0.2) is 0 Å². The Labute approximate surface area is 122 Å². The van der Waals surface area contributed by atoms with Crippen molar-refractivity contribution in [3.8, 4) is 5.75 Å². The number of para-hydroxylation sites is 1. The zero-order valence-corrected chi connectivity index (χ0v) is 12.0. The summed E-state index contributed by atoms with van der Waals surface area (Å²) in [5.41, 5.74) is 0.180. The lowest BCUT2D eigenvalue weighted by Crippen LogP contribution is -2.12. The fraction of sp³-hybridized carbons (Fsp3) is 0.143. The Morgan fingerprint density at radius 2 is 1.81 bits per heavy atom. The standard InChI is InChI=1S/C14H13NO5S/c1-2-11-8-9-12(15(16)17)10-14(11)21(18,19)20-13-6-4-3-5-7-13/h3-10H,2H2,1H3. The smallest absolute Gasteiger partial charge is 0.339 e. The summed E-state index contributed by atoms with van der Waals surface area (Å²) in [7, 11) is -4.12. The van der Waals surface area contributed by atoms with Crippen molar-refractivity contribution in [3.05, 3.63) is 64.2 Å². The average molecular weight is 307 g/mol. The lowest BCUT2D eigenvalue weighted by molar-refractivity contribution is -0.385. The third-order valence-corrected chi connectivity index (χ3v) is 4.19. The number of hydrogen-bond donors (Lipinski definition) is 0. The van der Waals surface area contributed by atoms with Crippen LogP contribution in [0.1, 0.15) is 12.5 Å². The molecule has 110 valence electrons. The molecule has 0 saturated carbocycles. The van der Waals surface area contributed by atoms with Crippen LogP contribution in [0.5, 0.6) is 5.75 Å². The fourth-order valence-electron chi connectivity index (χ4n) is 1.83. The van der Waals surface area contributed by atoms with E-state index in [2.05, 4.69) is 0 Å². The Balaban J connectivity index is 2.48. The highest BCUT2D eigenvalue weighted by molar-refractivity contribution is 7.87. The van der Waals surface area contributed by atoms with Gasteiger partial charge >= 0.3 is 10.1 Å². The van der Waals surface area contributed by atoms with Crippen LogP contribution >= 0.6 is 0 Å². The van der Waals surface area contributed by atoms with Crippen LogP contribution in [0.3, 0.4) is 0 Å². The van der Waals surface area contributed by atoms with Crippen LogP contribution in [0.4, 0.5) is 5.69 Å². The summed E-state index contributed by atoms with van der Waals surface area (Å²) in [5.74, 6) is 0.158. The van der Waals surface area contributed by atoms with Gasteiger partial charge < -0.3 is 4.18 Å². The van der Waals surface area contributed by atoms with E-state index >= 15 is 0 Å². The van der Waals surface area contributed by atoms with E-state index in [4.69, 9.17) is 4.18 Å². The summed E-state index contributed by atoms with van der Waals surface area (Å²) >= 11 is 0. The molecule has 0 aliphatic heterocycles. The van der Waals surface area contributed by atoms with Gasteiger partial charge in [-0.05, 0) is 24.1 Å². The Morgan fingerprint density at radius 3 is 2.38 bits per heavy atom. The Kier molecular flexibility index (Phi) is 4.23. The van der Waals surface area contributed by atoms with E-state index in [1.807, 2.05) is 0 Å². The van der Waals surface area contributed by atoms with Crippen LogP contribution in [0, 0.1) is 10.1 Å². The summed E-state index contributed by atoms with van der Waals surface area (Å²) in [5, 5.41) is 10.8. The molecule has 0 aromatic heterocycles. The van der Waals surface area contributed by atoms with E-state index in [0.717, 1.165) is 6.07 Å². The van der Waals surface area contributed by atoms with Crippen LogP contribution in [0.25, 0.3) is 0 Å². The molecule has 0 bridgehead atoms. The van der Waals surface area contributed by atoms with Crippen LogP contribution in [-0.4, -0.2) is 13.3 Å². The molecule has 6 nitrogen and oxygen atoms in total. The molecule has 0 aliphatic rings. The van der Waals surface area contributed by atoms with E-state index in [1.165, 1.54) is 24.3 Å². The van der Waals surface area contributed by atoms with Gasteiger partial charge in [0, 0.05) is 12.1 Å². The van der Waals surface area contributed by atoms with E-state index < -0.39 is 15.0 Å². The average Bonchev–Trinajstić information content (AvgIpc) is 2.47. The maximum Gasteiger partial charge on any atom is 0.339 e. The van der Waals surface area contributed by atoms with Gasteiger partial charge in [-0.3, -0.25) is 10.1 Å². The first kappa shape index (κ1) is 15.0. The predicted octanol–water partition coefficient (Wildman–Crippen LogP) is 2.92. The van der Waals surface area contributed by atoms with Crippen molar-refractivity contribution in [3.63, 3.8) is 0 Å². The predicted molar refractivity (Wildman–Crippen MR) is 76.7 cm³/mol. The molecule has 2 aromatic rings. The zero-order valence-electron chi connectivity index (χ0n) is 11.2. The van der Waals surface area contributed by atoms with Crippen molar-refractivity contribution in [2.75, 3.05) is 0 Å². The van der Waals surface area contributed by atoms with Crippen molar-refractivity contribution in [2.24, 2.45) is 0 Å². The molecule has 2 aromatic carbocycles. The van der Waals surface area contributed by atoms with Crippen molar-refractivity contribution in [2.45, 2.75) is 18.2 Å². The van der Waals surface area contributed by atoms with E-state index in [1.54, 1.807) is 25.1 Å². The van der Waals surface area contributed by atoms with Crippen molar-refractivity contribution in [1.29, 1.82) is 0 Å². The Hall–Kier alpha value is -2.41. The molecule has 0 heterocycles. The van der Waals surface area contributed by atoms with Crippen molar-refractivity contribution < 1.29 is 17.5 Å². The molecule has 2 rings (SSSR count).